The number of benzene rings is 1. The van der Waals surface area contributed by atoms with Gasteiger partial charge in [-0.1, -0.05) is 19.4 Å². The molecule has 4 nitrogen and oxygen atoms in total. The molecule has 2 heterocycles. The van der Waals surface area contributed by atoms with Crippen LogP contribution in [0.1, 0.15) is 37.8 Å². The highest BCUT2D eigenvalue weighted by molar-refractivity contribution is 6.06. The van der Waals surface area contributed by atoms with Crippen LogP contribution in [0.4, 0.5) is 5.69 Å². The van der Waals surface area contributed by atoms with Crippen molar-refractivity contribution >= 4 is 11.6 Å². The number of nitrogens with zero attached hydrogens (tertiary/aromatic N) is 1. The third-order valence-corrected chi connectivity index (χ3v) is 4.06. The number of unbranched alkanes of at least 4 members (excludes halogenated alkanes) is 1. The molecule has 2 aliphatic heterocycles. The molecule has 1 aromatic carbocycles. The minimum Gasteiger partial charge on any atom is -0.336 e. The molecule has 4 heteroatoms. The van der Waals surface area contributed by atoms with Crippen LogP contribution in [0.2, 0.25) is 0 Å². The smallest absolute Gasteiger partial charge is 0.292 e. The van der Waals surface area contributed by atoms with Crippen molar-refractivity contribution in [2.45, 2.75) is 38.9 Å². The zero-order chi connectivity index (χ0) is 14.2. The lowest BCUT2D eigenvalue weighted by molar-refractivity contribution is -0.180. The van der Waals surface area contributed by atoms with Crippen molar-refractivity contribution in [1.29, 1.82) is 0 Å². The number of anilines is 1. The first-order chi connectivity index (χ1) is 9.73. The lowest BCUT2D eigenvalue weighted by atomic mass is 10.0. The van der Waals surface area contributed by atoms with E-state index in [0.717, 1.165) is 30.5 Å². The molecule has 0 atom stereocenters. The predicted octanol–water partition coefficient (Wildman–Crippen LogP) is 2.60. The van der Waals surface area contributed by atoms with Crippen molar-refractivity contribution in [3.05, 3.63) is 29.3 Å². The van der Waals surface area contributed by atoms with E-state index in [1.165, 1.54) is 5.56 Å². The van der Waals surface area contributed by atoms with E-state index in [0.29, 0.717) is 19.8 Å². The quantitative estimate of drug-likeness (QED) is 0.848. The highest BCUT2D eigenvalue weighted by atomic mass is 16.7. The minimum absolute atomic E-state index is 0.0832. The fourth-order valence-electron chi connectivity index (χ4n) is 3.03. The summed E-state index contributed by atoms with van der Waals surface area (Å²) < 4.78 is 11.4. The monoisotopic (exact) mass is 275 g/mol. The fourth-order valence-corrected chi connectivity index (χ4v) is 3.03. The molecule has 0 N–H and O–H groups in total. The molecule has 20 heavy (non-hydrogen) atoms. The van der Waals surface area contributed by atoms with Gasteiger partial charge in [0.25, 0.3) is 11.7 Å². The standard InChI is InChI=1S/C16H21NO3/c1-3-5-6-12-7-8-14-13(11-12)16(19-9-10-20-16)15(18)17(14)4-2/h7-8,11H,3-6,9-10H2,1-2H3. The fraction of sp³-hybridized carbons (Fsp3) is 0.562. The van der Waals surface area contributed by atoms with Crippen LogP contribution in [0.25, 0.3) is 0 Å². The Labute approximate surface area is 119 Å². The number of hydrogen-bond acceptors (Lipinski definition) is 3. The summed E-state index contributed by atoms with van der Waals surface area (Å²) in [6.45, 7) is 5.74. The van der Waals surface area contributed by atoms with Gasteiger partial charge >= 0.3 is 0 Å². The Morgan fingerprint density at radius 2 is 2.00 bits per heavy atom. The van der Waals surface area contributed by atoms with E-state index in [2.05, 4.69) is 19.1 Å². The molecule has 0 aromatic heterocycles. The van der Waals surface area contributed by atoms with Gasteiger partial charge in [-0.05, 0) is 37.5 Å². The second-order valence-electron chi connectivity index (χ2n) is 5.32. The van der Waals surface area contributed by atoms with Crippen LogP contribution in [0, 0.1) is 0 Å². The zero-order valence-electron chi connectivity index (χ0n) is 12.1. The van der Waals surface area contributed by atoms with Gasteiger partial charge in [0.05, 0.1) is 18.9 Å². The molecule has 0 bridgehead atoms. The maximum atomic E-state index is 12.6. The summed E-state index contributed by atoms with van der Waals surface area (Å²) >= 11 is 0. The minimum atomic E-state index is -1.17. The van der Waals surface area contributed by atoms with E-state index in [4.69, 9.17) is 9.47 Å². The average molecular weight is 275 g/mol. The molecule has 0 radical (unpaired) electrons. The van der Waals surface area contributed by atoms with Crippen molar-refractivity contribution in [2.75, 3.05) is 24.7 Å². The number of ether oxygens (including phenoxy) is 2. The second-order valence-corrected chi connectivity index (χ2v) is 5.32. The molecule has 1 saturated heterocycles. The predicted molar refractivity (Wildman–Crippen MR) is 76.7 cm³/mol. The lowest BCUT2D eigenvalue weighted by Gasteiger charge is -2.21. The Morgan fingerprint density at radius 3 is 2.65 bits per heavy atom. The van der Waals surface area contributed by atoms with Gasteiger partial charge in [-0.3, -0.25) is 4.79 Å². The van der Waals surface area contributed by atoms with Crippen molar-refractivity contribution in [3.63, 3.8) is 0 Å². The first-order valence-electron chi connectivity index (χ1n) is 7.46. The van der Waals surface area contributed by atoms with Crippen LogP contribution in [0.15, 0.2) is 18.2 Å². The van der Waals surface area contributed by atoms with E-state index >= 15 is 0 Å². The third-order valence-electron chi connectivity index (χ3n) is 4.06. The molecule has 1 spiro atoms. The van der Waals surface area contributed by atoms with Crippen molar-refractivity contribution < 1.29 is 14.3 Å². The van der Waals surface area contributed by atoms with Crippen LogP contribution in [0.3, 0.4) is 0 Å². The van der Waals surface area contributed by atoms with E-state index < -0.39 is 5.79 Å². The molecular formula is C16H21NO3. The summed E-state index contributed by atoms with van der Waals surface area (Å²) in [4.78, 5) is 14.4. The van der Waals surface area contributed by atoms with Gasteiger partial charge in [-0.25, -0.2) is 0 Å². The summed E-state index contributed by atoms with van der Waals surface area (Å²) in [6.07, 6.45) is 3.34. The van der Waals surface area contributed by atoms with Crippen LogP contribution >= 0.6 is 0 Å². The van der Waals surface area contributed by atoms with Gasteiger partial charge in [0, 0.05) is 12.1 Å². The molecule has 3 rings (SSSR count). The topological polar surface area (TPSA) is 38.8 Å². The Morgan fingerprint density at radius 1 is 1.25 bits per heavy atom. The van der Waals surface area contributed by atoms with Gasteiger partial charge in [0.2, 0.25) is 0 Å². The van der Waals surface area contributed by atoms with Gasteiger partial charge in [0.15, 0.2) is 0 Å². The number of likely N-dealkylation sites (N-methyl/N-ethyl adjacent to an activating group) is 1. The van der Waals surface area contributed by atoms with Gasteiger partial charge in [0.1, 0.15) is 0 Å². The second kappa shape index (κ2) is 5.19. The molecule has 0 unspecified atom stereocenters. The van der Waals surface area contributed by atoms with Crippen LogP contribution < -0.4 is 4.90 Å². The largest absolute Gasteiger partial charge is 0.336 e. The van der Waals surface area contributed by atoms with E-state index in [1.54, 1.807) is 4.90 Å². The molecule has 0 aliphatic carbocycles. The zero-order valence-corrected chi connectivity index (χ0v) is 12.1. The van der Waals surface area contributed by atoms with Crippen molar-refractivity contribution in [3.8, 4) is 0 Å². The molecule has 1 amide bonds. The van der Waals surface area contributed by atoms with Gasteiger partial charge in [-0.15, -0.1) is 0 Å². The van der Waals surface area contributed by atoms with Gasteiger partial charge < -0.3 is 14.4 Å². The molecule has 1 aromatic rings. The van der Waals surface area contributed by atoms with Crippen LogP contribution in [-0.2, 0) is 26.5 Å². The Hall–Kier alpha value is -1.39. The number of carbonyl (C=O) groups is 1. The Balaban J connectivity index is 2.03. The maximum Gasteiger partial charge on any atom is 0.292 e. The van der Waals surface area contributed by atoms with Crippen molar-refractivity contribution in [2.24, 2.45) is 0 Å². The first kappa shape index (κ1) is 13.6. The molecule has 0 saturated carbocycles. The molecular weight excluding hydrogens is 254 g/mol. The van der Waals surface area contributed by atoms with Crippen LogP contribution in [0.5, 0.6) is 0 Å². The highest BCUT2D eigenvalue weighted by Crippen LogP contribution is 2.45. The summed E-state index contributed by atoms with van der Waals surface area (Å²) in [7, 11) is 0. The maximum absolute atomic E-state index is 12.6. The number of rotatable bonds is 4. The van der Waals surface area contributed by atoms with Crippen LogP contribution in [-0.4, -0.2) is 25.7 Å². The first-order valence-corrected chi connectivity index (χ1v) is 7.46. The Kier molecular flexibility index (Phi) is 3.52. The summed E-state index contributed by atoms with van der Waals surface area (Å²) in [5, 5.41) is 0. The summed E-state index contributed by atoms with van der Waals surface area (Å²) in [6, 6.07) is 6.23. The van der Waals surface area contributed by atoms with E-state index in [-0.39, 0.29) is 5.91 Å². The number of carbonyl (C=O) groups excluding carboxylic acids is 1. The number of fused-ring (bicyclic) bond motifs is 2. The SMILES string of the molecule is CCCCc1ccc2c(c1)C1(OCCO1)C(=O)N2CC. The lowest BCUT2D eigenvalue weighted by Crippen LogP contribution is -2.41. The molecule has 2 aliphatic rings. The number of aryl methyl sites for hydroxylation is 1. The summed E-state index contributed by atoms with van der Waals surface area (Å²) in [5.41, 5.74) is 3.06. The number of amides is 1. The van der Waals surface area contributed by atoms with E-state index in [1.807, 2.05) is 13.0 Å². The third kappa shape index (κ3) is 1.86. The molecule has 108 valence electrons. The van der Waals surface area contributed by atoms with Crippen molar-refractivity contribution in [1.82, 2.24) is 0 Å². The number of hydrogen-bond donors (Lipinski definition) is 0. The van der Waals surface area contributed by atoms with Gasteiger partial charge in [-0.2, -0.15) is 0 Å². The Bertz CT molecular complexity index is 520. The average Bonchev–Trinajstić information content (AvgIpc) is 3.04. The summed E-state index contributed by atoms with van der Waals surface area (Å²) in [5.74, 6) is -1.26. The molecule has 1 fully saturated rings. The highest BCUT2D eigenvalue weighted by Gasteiger charge is 2.55. The normalized spacial score (nSPS) is 19.9. The van der Waals surface area contributed by atoms with E-state index in [9.17, 15) is 4.79 Å².